The summed E-state index contributed by atoms with van der Waals surface area (Å²) >= 11 is 0. The minimum absolute atomic E-state index is 0.135. The van der Waals surface area contributed by atoms with Gasteiger partial charge in [0.15, 0.2) is 0 Å². The molecule has 1 aliphatic heterocycles. The van der Waals surface area contributed by atoms with Crippen LogP contribution in [0.1, 0.15) is 23.6 Å². The van der Waals surface area contributed by atoms with Crippen LogP contribution >= 0.6 is 0 Å². The first-order valence-electron chi connectivity index (χ1n) is 10.7. The van der Waals surface area contributed by atoms with E-state index in [1.165, 1.54) is 22.2 Å². The molecule has 0 bridgehead atoms. The van der Waals surface area contributed by atoms with Gasteiger partial charge in [-0.25, -0.2) is 19.2 Å². The van der Waals surface area contributed by atoms with Crippen LogP contribution < -0.4 is 0 Å². The molecule has 8 heteroatoms. The Morgan fingerprint density at radius 3 is 2.25 bits per heavy atom. The average Bonchev–Trinajstić information content (AvgIpc) is 3.00. The zero-order valence-corrected chi connectivity index (χ0v) is 19.1. The molecule has 2 aromatic carbocycles. The maximum absolute atomic E-state index is 13.4. The van der Waals surface area contributed by atoms with Crippen molar-refractivity contribution >= 4 is 12.0 Å². The summed E-state index contributed by atoms with van der Waals surface area (Å²) in [6, 6.07) is 10.3. The minimum Gasteiger partial charge on any atom is -0.448 e. The van der Waals surface area contributed by atoms with Crippen LogP contribution in [0, 0.1) is 19.7 Å². The summed E-state index contributed by atoms with van der Waals surface area (Å²) in [5.74, 6) is -0.488. The van der Waals surface area contributed by atoms with Crippen LogP contribution in [-0.2, 0) is 20.8 Å². The molecule has 1 fully saturated rings. The van der Waals surface area contributed by atoms with Gasteiger partial charge in [0.2, 0.25) is 5.91 Å². The maximum Gasteiger partial charge on any atom is 0.428 e. The molecule has 172 valence electrons. The Bertz CT molecular complexity index is 964. The number of benzene rings is 2. The lowest BCUT2D eigenvalue weighted by Gasteiger charge is -2.32. The SMILES string of the molecule is CCOC(=O)N1CCN(OC)CCN1C(=O)Cc1c(C)ccc(-c2ccc(F)cc2)c1C. The van der Waals surface area contributed by atoms with Crippen molar-refractivity contribution in [2.24, 2.45) is 0 Å². The number of halogens is 1. The van der Waals surface area contributed by atoms with Gasteiger partial charge < -0.3 is 9.57 Å². The van der Waals surface area contributed by atoms with E-state index >= 15 is 0 Å². The average molecular weight is 444 g/mol. The molecule has 0 radical (unpaired) electrons. The smallest absolute Gasteiger partial charge is 0.428 e. The molecule has 0 N–H and O–H groups in total. The Kier molecular flexibility index (Phi) is 7.82. The standard InChI is InChI=1S/C24H30FN3O4/c1-5-32-24(30)28-15-13-26(31-4)12-14-27(28)23(29)16-22-17(2)6-11-21(18(22)3)19-7-9-20(25)10-8-19/h6-11H,5,12-16H2,1-4H3. The number of rotatable bonds is 5. The largest absolute Gasteiger partial charge is 0.448 e. The number of amides is 2. The van der Waals surface area contributed by atoms with Gasteiger partial charge in [-0.3, -0.25) is 4.79 Å². The quantitative estimate of drug-likeness (QED) is 0.705. The second kappa shape index (κ2) is 10.6. The molecule has 0 spiro atoms. The first-order valence-corrected chi connectivity index (χ1v) is 10.7. The van der Waals surface area contributed by atoms with Crippen LogP contribution in [0.3, 0.4) is 0 Å². The highest BCUT2D eigenvalue weighted by molar-refractivity contribution is 5.83. The van der Waals surface area contributed by atoms with Gasteiger partial charge in [-0.05, 0) is 60.7 Å². The number of hydrogen-bond donors (Lipinski definition) is 0. The van der Waals surface area contributed by atoms with Crippen LogP contribution in [0.5, 0.6) is 0 Å². The number of hydrogen-bond acceptors (Lipinski definition) is 5. The van der Waals surface area contributed by atoms with E-state index in [-0.39, 0.29) is 31.3 Å². The number of nitrogens with zero attached hydrogens (tertiary/aromatic N) is 3. The van der Waals surface area contributed by atoms with E-state index < -0.39 is 6.09 Å². The molecule has 1 aliphatic rings. The molecule has 1 heterocycles. The Balaban J connectivity index is 1.89. The lowest BCUT2D eigenvalue weighted by molar-refractivity contribution is -0.145. The van der Waals surface area contributed by atoms with Crippen LogP contribution in [0.15, 0.2) is 36.4 Å². The third-order valence-electron chi connectivity index (χ3n) is 5.75. The fourth-order valence-electron chi connectivity index (χ4n) is 3.94. The molecule has 2 aromatic rings. The number of hydrazine groups is 1. The third kappa shape index (κ3) is 5.26. The number of carbonyl (C=O) groups is 2. The molecule has 0 aromatic heterocycles. The van der Waals surface area contributed by atoms with Gasteiger partial charge in [0.05, 0.1) is 33.2 Å². The Hall–Kier alpha value is -2.97. The number of carbonyl (C=O) groups excluding carboxylic acids is 2. The van der Waals surface area contributed by atoms with Gasteiger partial charge >= 0.3 is 6.09 Å². The van der Waals surface area contributed by atoms with Crippen molar-refractivity contribution in [3.8, 4) is 11.1 Å². The van der Waals surface area contributed by atoms with Crippen molar-refractivity contribution in [1.82, 2.24) is 15.1 Å². The molecular weight excluding hydrogens is 413 g/mol. The van der Waals surface area contributed by atoms with Crippen molar-refractivity contribution in [2.75, 3.05) is 39.9 Å². The second-order valence-electron chi connectivity index (χ2n) is 7.67. The minimum atomic E-state index is -0.549. The molecule has 0 saturated carbocycles. The van der Waals surface area contributed by atoms with Crippen LogP contribution in [-0.4, -0.2) is 67.0 Å². The highest BCUT2D eigenvalue weighted by Crippen LogP contribution is 2.29. The molecule has 0 unspecified atom stereocenters. The summed E-state index contributed by atoms with van der Waals surface area (Å²) in [5.41, 5.74) is 4.67. The van der Waals surface area contributed by atoms with Gasteiger partial charge in [0.1, 0.15) is 5.82 Å². The summed E-state index contributed by atoms with van der Waals surface area (Å²) in [6.07, 6.45) is -0.414. The van der Waals surface area contributed by atoms with E-state index in [1.807, 2.05) is 26.0 Å². The second-order valence-corrected chi connectivity index (χ2v) is 7.67. The third-order valence-corrected chi connectivity index (χ3v) is 5.75. The predicted molar refractivity (Wildman–Crippen MR) is 119 cm³/mol. The molecule has 0 aliphatic carbocycles. The van der Waals surface area contributed by atoms with E-state index in [1.54, 1.807) is 31.2 Å². The van der Waals surface area contributed by atoms with Gasteiger partial charge in [-0.1, -0.05) is 24.3 Å². The van der Waals surface area contributed by atoms with E-state index in [0.717, 1.165) is 27.8 Å². The molecular formula is C24H30FN3O4. The number of aryl methyl sites for hydroxylation is 1. The topological polar surface area (TPSA) is 62.3 Å². The molecule has 7 nitrogen and oxygen atoms in total. The lowest BCUT2D eigenvalue weighted by atomic mass is 9.91. The Morgan fingerprint density at radius 1 is 0.969 bits per heavy atom. The van der Waals surface area contributed by atoms with Crippen molar-refractivity contribution in [3.63, 3.8) is 0 Å². The lowest BCUT2D eigenvalue weighted by Crippen LogP contribution is -2.51. The highest BCUT2D eigenvalue weighted by atomic mass is 19.1. The first kappa shape index (κ1) is 23.7. The van der Waals surface area contributed by atoms with E-state index in [0.29, 0.717) is 19.6 Å². The summed E-state index contributed by atoms with van der Waals surface area (Å²) in [7, 11) is 1.57. The molecule has 1 saturated heterocycles. The van der Waals surface area contributed by atoms with Crippen LogP contribution in [0.4, 0.5) is 9.18 Å². The van der Waals surface area contributed by atoms with Gasteiger partial charge in [-0.2, -0.15) is 5.06 Å². The fraction of sp³-hybridized carbons (Fsp3) is 0.417. The zero-order valence-electron chi connectivity index (χ0n) is 19.1. The highest BCUT2D eigenvalue weighted by Gasteiger charge is 2.31. The van der Waals surface area contributed by atoms with Crippen LogP contribution in [0.25, 0.3) is 11.1 Å². The molecule has 2 amide bonds. The van der Waals surface area contributed by atoms with Crippen molar-refractivity contribution < 1.29 is 23.6 Å². The van der Waals surface area contributed by atoms with Crippen molar-refractivity contribution in [3.05, 3.63) is 58.9 Å². The zero-order chi connectivity index (χ0) is 23.3. The normalized spacial score (nSPS) is 14.9. The first-order chi connectivity index (χ1) is 15.3. The molecule has 0 atom stereocenters. The van der Waals surface area contributed by atoms with Crippen molar-refractivity contribution in [2.45, 2.75) is 27.2 Å². The van der Waals surface area contributed by atoms with Crippen molar-refractivity contribution in [1.29, 1.82) is 0 Å². The van der Waals surface area contributed by atoms with E-state index in [2.05, 4.69) is 0 Å². The Morgan fingerprint density at radius 2 is 1.62 bits per heavy atom. The van der Waals surface area contributed by atoms with E-state index in [4.69, 9.17) is 9.57 Å². The monoisotopic (exact) mass is 443 g/mol. The van der Waals surface area contributed by atoms with Gasteiger partial charge in [-0.15, -0.1) is 0 Å². The fourth-order valence-corrected chi connectivity index (χ4v) is 3.94. The van der Waals surface area contributed by atoms with E-state index in [9.17, 15) is 14.0 Å². The van der Waals surface area contributed by atoms with Gasteiger partial charge in [0.25, 0.3) is 0 Å². The summed E-state index contributed by atoms with van der Waals surface area (Å²) in [4.78, 5) is 31.2. The summed E-state index contributed by atoms with van der Waals surface area (Å²) in [5, 5.41) is 4.53. The molecule has 32 heavy (non-hydrogen) atoms. The molecule has 3 rings (SSSR count). The maximum atomic E-state index is 13.4. The number of ether oxygens (including phenoxy) is 1. The number of hydroxylamine groups is 2. The summed E-state index contributed by atoms with van der Waals surface area (Å²) in [6.45, 7) is 7.42. The Labute approximate surface area is 188 Å². The predicted octanol–water partition coefficient (Wildman–Crippen LogP) is 3.73. The van der Waals surface area contributed by atoms with Gasteiger partial charge in [0, 0.05) is 13.1 Å². The van der Waals surface area contributed by atoms with Crippen LogP contribution in [0.2, 0.25) is 0 Å². The summed E-state index contributed by atoms with van der Waals surface area (Å²) < 4.78 is 18.5.